The van der Waals surface area contributed by atoms with Gasteiger partial charge in [-0.05, 0) is 56.5 Å². The minimum atomic E-state index is -3.83. The molecule has 3 aliphatic rings. The monoisotopic (exact) mass is 402 g/mol. The third-order valence-corrected chi connectivity index (χ3v) is 7.39. The van der Waals surface area contributed by atoms with Gasteiger partial charge in [0.2, 0.25) is 0 Å². The van der Waals surface area contributed by atoms with Gasteiger partial charge in [-0.2, -0.15) is 0 Å². The summed E-state index contributed by atoms with van der Waals surface area (Å²) >= 11 is 0. The zero-order valence-electron chi connectivity index (χ0n) is 15.9. The maximum atomic E-state index is 12.9. The molecular weight excluding hydrogens is 376 g/mol. The predicted octanol–water partition coefficient (Wildman–Crippen LogP) is 0.706. The number of hydrogen-bond acceptors (Lipinski definition) is 7. The van der Waals surface area contributed by atoms with Crippen molar-refractivity contribution in [3.63, 3.8) is 0 Å². The lowest BCUT2D eigenvalue weighted by Crippen LogP contribution is -2.49. The predicted molar refractivity (Wildman–Crippen MR) is 107 cm³/mol. The Morgan fingerprint density at radius 1 is 1.25 bits per heavy atom. The van der Waals surface area contributed by atoms with Gasteiger partial charge in [-0.25, -0.2) is 17.7 Å². The van der Waals surface area contributed by atoms with E-state index in [1.807, 2.05) is 6.92 Å². The number of nitrogens with one attached hydrogen (secondary N) is 3. The number of hydrogen-bond donors (Lipinski definition) is 4. The Balaban J connectivity index is 1.48. The topological polar surface area (TPSA) is 115 Å². The molecule has 0 saturated carbocycles. The van der Waals surface area contributed by atoms with Crippen molar-refractivity contribution >= 4 is 15.9 Å². The zero-order chi connectivity index (χ0) is 19.9. The third kappa shape index (κ3) is 3.41. The molecule has 0 amide bonds. The maximum absolute atomic E-state index is 12.9. The standard InChI is InChI=1S/C19H26N6O2S/c1-13-2-4-16(5-3-13)28(26,27)25-9-7-17(19(25)21)18(20)23-24-8-6-14-10-22-11-15(14)12-24/h2-5,7,9,14-15,21-23H,6,8,10-12,20H2,1H3/b18-17+,21-19?. The van der Waals surface area contributed by atoms with Gasteiger partial charge in [-0.1, -0.05) is 17.7 Å². The van der Waals surface area contributed by atoms with Gasteiger partial charge in [0.1, 0.15) is 11.7 Å². The minimum absolute atomic E-state index is 0.149. The molecule has 8 nitrogen and oxygen atoms in total. The van der Waals surface area contributed by atoms with Gasteiger partial charge in [0, 0.05) is 19.3 Å². The third-order valence-electron chi connectivity index (χ3n) is 5.70. The first-order valence-corrected chi connectivity index (χ1v) is 10.9. The van der Waals surface area contributed by atoms with Crippen LogP contribution in [0.4, 0.5) is 0 Å². The number of amidine groups is 1. The number of hydrazine groups is 1. The van der Waals surface area contributed by atoms with Crippen molar-refractivity contribution in [2.24, 2.45) is 17.6 Å². The Morgan fingerprint density at radius 2 is 1.96 bits per heavy atom. The number of piperidine rings is 1. The number of fused-ring (bicyclic) bond motifs is 1. The fourth-order valence-corrected chi connectivity index (χ4v) is 5.29. The Bertz CT molecular complexity index is 938. The highest BCUT2D eigenvalue weighted by molar-refractivity contribution is 7.89. The highest BCUT2D eigenvalue weighted by Gasteiger charge is 2.34. The van der Waals surface area contributed by atoms with Crippen LogP contribution in [-0.4, -0.2) is 49.7 Å². The molecule has 1 aromatic carbocycles. The number of sulfonamides is 1. The van der Waals surface area contributed by atoms with Gasteiger partial charge in [0.15, 0.2) is 0 Å². The van der Waals surface area contributed by atoms with Crippen LogP contribution in [-0.2, 0) is 10.0 Å². The number of benzene rings is 1. The summed E-state index contributed by atoms with van der Waals surface area (Å²) in [5, 5.41) is 13.8. The van der Waals surface area contributed by atoms with E-state index in [9.17, 15) is 8.42 Å². The lowest BCUT2D eigenvalue weighted by Gasteiger charge is -2.35. The molecule has 2 unspecified atom stereocenters. The smallest absolute Gasteiger partial charge is 0.269 e. The lowest BCUT2D eigenvalue weighted by atomic mass is 9.89. The van der Waals surface area contributed by atoms with Crippen molar-refractivity contribution in [2.75, 3.05) is 26.2 Å². The SMILES string of the molecule is Cc1ccc(S(=O)(=O)N2C=C/C(=C(/N)NN3CCC4CNCC4C3)C2=N)cc1. The molecule has 5 N–H and O–H groups in total. The van der Waals surface area contributed by atoms with Crippen LogP contribution in [0.2, 0.25) is 0 Å². The van der Waals surface area contributed by atoms with E-state index in [0.717, 1.165) is 42.5 Å². The zero-order valence-corrected chi connectivity index (χ0v) is 16.7. The summed E-state index contributed by atoms with van der Waals surface area (Å²) in [4.78, 5) is 0.149. The van der Waals surface area contributed by atoms with E-state index >= 15 is 0 Å². The number of rotatable bonds is 4. The Morgan fingerprint density at radius 3 is 2.71 bits per heavy atom. The van der Waals surface area contributed by atoms with Crippen LogP contribution in [0.15, 0.2) is 52.8 Å². The van der Waals surface area contributed by atoms with Crippen molar-refractivity contribution in [2.45, 2.75) is 18.2 Å². The van der Waals surface area contributed by atoms with Gasteiger partial charge in [0.25, 0.3) is 10.0 Å². The molecule has 3 heterocycles. The van der Waals surface area contributed by atoms with Crippen molar-refractivity contribution in [3.8, 4) is 0 Å². The van der Waals surface area contributed by atoms with E-state index < -0.39 is 10.0 Å². The Kier molecular flexibility index (Phi) is 4.90. The van der Waals surface area contributed by atoms with Gasteiger partial charge in [-0.15, -0.1) is 0 Å². The van der Waals surface area contributed by atoms with Gasteiger partial charge >= 0.3 is 0 Å². The van der Waals surface area contributed by atoms with Crippen LogP contribution >= 0.6 is 0 Å². The molecule has 1 aromatic rings. The molecular formula is C19H26N6O2S. The highest BCUT2D eigenvalue weighted by Crippen LogP contribution is 2.27. The molecule has 0 radical (unpaired) electrons. The highest BCUT2D eigenvalue weighted by atomic mass is 32.2. The van der Waals surface area contributed by atoms with Crippen LogP contribution in [0.5, 0.6) is 0 Å². The molecule has 0 bridgehead atoms. The van der Waals surface area contributed by atoms with Crippen LogP contribution in [0, 0.1) is 24.2 Å². The van der Waals surface area contributed by atoms with E-state index in [0.29, 0.717) is 23.2 Å². The van der Waals surface area contributed by atoms with E-state index in [-0.39, 0.29) is 10.7 Å². The first kappa shape index (κ1) is 19.0. The van der Waals surface area contributed by atoms with Crippen LogP contribution in [0.3, 0.4) is 0 Å². The molecule has 2 fully saturated rings. The molecule has 3 aliphatic heterocycles. The summed E-state index contributed by atoms with van der Waals surface area (Å²) < 4.78 is 26.7. The second-order valence-corrected chi connectivity index (χ2v) is 9.45. The van der Waals surface area contributed by atoms with Gasteiger partial charge in [-0.3, -0.25) is 5.41 Å². The first-order chi connectivity index (χ1) is 13.4. The molecule has 0 spiro atoms. The summed E-state index contributed by atoms with van der Waals surface area (Å²) in [7, 11) is -3.83. The van der Waals surface area contributed by atoms with Crippen LogP contribution in [0.1, 0.15) is 12.0 Å². The van der Waals surface area contributed by atoms with Gasteiger partial charge in [0.05, 0.1) is 10.5 Å². The van der Waals surface area contributed by atoms with Crippen molar-refractivity contribution in [1.29, 1.82) is 5.41 Å². The first-order valence-electron chi connectivity index (χ1n) is 9.46. The van der Waals surface area contributed by atoms with Crippen molar-refractivity contribution in [3.05, 3.63) is 53.5 Å². The van der Waals surface area contributed by atoms with E-state index in [1.165, 1.54) is 6.20 Å². The van der Waals surface area contributed by atoms with Crippen molar-refractivity contribution in [1.82, 2.24) is 20.1 Å². The molecule has 4 rings (SSSR count). The number of aryl methyl sites for hydroxylation is 1. The number of nitrogens with zero attached hydrogens (tertiary/aromatic N) is 2. The lowest BCUT2D eigenvalue weighted by molar-refractivity contribution is 0.109. The quantitative estimate of drug-likeness (QED) is 0.590. The summed E-state index contributed by atoms with van der Waals surface area (Å²) in [6.07, 6.45) is 4.04. The average Bonchev–Trinajstić information content (AvgIpc) is 3.28. The Hall–Kier alpha value is -2.36. The maximum Gasteiger partial charge on any atom is 0.269 e. The molecule has 150 valence electrons. The van der Waals surface area contributed by atoms with Crippen molar-refractivity contribution < 1.29 is 8.42 Å². The fourth-order valence-electron chi connectivity index (χ4n) is 4.02. The minimum Gasteiger partial charge on any atom is -0.384 e. The fraction of sp³-hybridized carbons (Fsp3) is 0.421. The van der Waals surface area contributed by atoms with E-state index in [1.54, 1.807) is 30.3 Å². The molecule has 28 heavy (non-hydrogen) atoms. The van der Waals surface area contributed by atoms with E-state index in [4.69, 9.17) is 11.1 Å². The van der Waals surface area contributed by atoms with E-state index in [2.05, 4.69) is 15.8 Å². The van der Waals surface area contributed by atoms with Crippen LogP contribution < -0.4 is 16.5 Å². The molecule has 2 saturated heterocycles. The Labute approximate surface area is 165 Å². The van der Waals surface area contributed by atoms with Gasteiger partial charge < -0.3 is 16.5 Å². The summed E-state index contributed by atoms with van der Waals surface area (Å²) in [5.41, 5.74) is 10.7. The normalized spacial score (nSPS) is 27.2. The molecule has 0 aromatic heterocycles. The molecule has 2 atom stereocenters. The second kappa shape index (κ2) is 7.23. The summed E-state index contributed by atoms with van der Waals surface area (Å²) in [6.45, 7) is 5.74. The summed E-state index contributed by atoms with van der Waals surface area (Å²) in [6, 6.07) is 6.58. The number of nitrogens with two attached hydrogens (primary N) is 1. The average molecular weight is 403 g/mol. The molecule has 9 heteroatoms. The second-order valence-electron chi connectivity index (χ2n) is 7.63. The molecule has 0 aliphatic carbocycles. The summed E-state index contributed by atoms with van der Waals surface area (Å²) in [5.74, 6) is 1.46. The largest absolute Gasteiger partial charge is 0.384 e. The van der Waals surface area contributed by atoms with Crippen LogP contribution in [0.25, 0.3) is 0 Å².